The number of aryl methyl sites for hydroxylation is 1. The molecule has 2 atom stereocenters. The Morgan fingerprint density at radius 2 is 1.87 bits per heavy atom. The molecule has 30 heavy (non-hydrogen) atoms. The van der Waals surface area contributed by atoms with Gasteiger partial charge in [-0.3, -0.25) is 9.69 Å². The zero-order chi connectivity index (χ0) is 21.5. The summed E-state index contributed by atoms with van der Waals surface area (Å²) in [6.07, 6.45) is 2.20. The SMILES string of the molecule is COc1ccc(C2C(CNC(=O)COc3ccc(C)cc3OC)CCCN2C)cc1. The zero-order valence-corrected chi connectivity index (χ0v) is 18.3. The van der Waals surface area contributed by atoms with Crippen molar-refractivity contribution in [3.05, 3.63) is 53.6 Å². The van der Waals surface area contributed by atoms with Crippen LogP contribution in [0.5, 0.6) is 17.2 Å². The number of carbonyl (C=O) groups excluding carboxylic acids is 1. The van der Waals surface area contributed by atoms with Gasteiger partial charge in [0.15, 0.2) is 18.1 Å². The quantitative estimate of drug-likeness (QED) is 0.718. The maximum atomic E-state index is 12.4. The largest absolute Gasteiger partial charge is 0.497 e. The fraction of sp³-hybridized carbons (Fsp3) is 0.458. The molecule has 1 fully saturated rings. The van der Waals surface area contributed by atoms with Gasteiger partial charge in [0.25, 0.3) is 5.91 Å². The number of nitrogens with zero attached hydrogens (tertiary/aromatic N) is 1. The van der Waals surface area contributed by atoms with Crippen LogP contribution in [0, 0.1) is 12.8 Å². The summed E-state index contributed by atoms with van der Waals surface area (Å²) in [6, 6.07) is 14.2. The average Bonchev–Trinajstić information content (AvgIpc) is 2.76. The fourth-order valence-electron chi connectivity index (χ4n) is 4.13. The van der Waals surface area contributed by atoms with Gasteiger partial charge < -0.3 is 19.5 Å². The molecule has 1 saturated heterocycles. The standard InChI is InChI=1S/C24H32N2O4/c1-17-7-12-21(22(14-17)29-4)30-16-23(27)25-15-19-6-5-13-26(2)24(19)18-8-10-20(28-3)11-9-18/h7-12,14,19,24H,5-6,13,15-16H2,1-4H3,(H,25,27). The Balaban J connectivity index is 1.58. The summed E-state index contributed by atoms with van der Waals surface area (Å²) in [7, 11) is 5.42. The molecular weight excluding hydrogens is 380 g/mol. The van der Waals surface area contributed by atoms with Crippen LogP contribution in [0.2, 0.25) is 0 Å². The molecule has 6 nitrogen and oxygen atoms in total. The molecule has 0 saturated carbocycles. The first-order valence-corrected chi connectivity index (χ1v) is 10.4. The second kappa shape index (κ2) is 10.3. The number of ether oxygens (including phenoxy) is 3. The van der Waals surface area contributed by atoms with Gasteiger partial charge in [0.1, 0.15) is 5.75 Å². The van der Waals surface area contributed by atoms with Crippen LogP contribution in [-0.2, 0) is 4.79 Å². The smallest absolute Gasteiger partial charge is 0.257 e. The molecule has 162 valence electrons. The summed E-state index contributed by atoms with van der Waals surface area (Å²) in [5, 5.41) is 3.06. The van der Waals surface area contributed by atoms with Crippen molar-refractivity contribution in [1.29, 1.82) is 0 Å². The lowest BCUT2D eigenvalue weighted by Gasteiger charge is -2.39. The molecule has 0 spiro atoms. The van der Waals surface area contributed by atoms with Gasteiger partial charge in [0, 0.05) is 12.6 Å². The third-order valence-electron chi connectivity index (χ3n) is 5.70. The van der Waals surface area contributed by atoms with Crippen molar-refractivity contribution in [1.82, 2.24) is 10.2 Å². The van der Waals surface area contributed by atoms with E-state index in [4.69, 9.17) is 14.2 Å². The normalized spacial score (nSPS) is 19.2. The van der Waals surface area contributed by atoms with Gasteiger partial charge in [-0.2, -0.15) is 0 Å². The predicted octanol–water partition coefficient (Wildman–Crippen LogP) is 3.59. The van der Waals surface area contributed by atoms with Gasteiger partial charge in [-0.05, 0) is 74.7 Å². The molecule has 1 amide bonds. The third-order valence-corrected chi connectivity index (χ3v) is 5.70. The van der Waals surface area contributed by atoms with Crippen molar-refractivity contribution in [2.24, 2.45) is 5.92 Å². The molecule has 0 aliphatic carbocycles. The number of hydrogen-bond donors (Lipinski definition) is 1. The van der Waals surface area contributed by atoms with E-state index >= 15 is 0 Å². The third kappa shape index (κ3) is 5.45. The Labute approximate surface area is 179 Å². The van der Waals surface area contributed by atoms with Gasteiger partial charge in [0.05, 0.1) is 14.2 Å². The van der Waals surface area contributed by atoms with E-state index in [0.29, 0.717) is 24.0 Å². The minimum Gasteiger partial charge on any atom is -0.497 e. The number of rotatable bonds is 8. The first kappa shape index (κ1) is 22.0. The van der Waals surface area contributed by atoms with Gasteiger partial charge >= 0.3 is 0 Å². The summed E-state index contributed by atoms with van der Waals surface area (Å²) in [5.41, 5.74) is 2.33. The molecule has 3 rings (SSSR count). The Morgan fingerprint density at radius 3 is 2.57 bits per heavy atom. The van der Waals surface area contributed by atoms with Crippen molar-refractivity contribution in [2.75, 3.05) is 41.0 Å². The lowest BCUT2D eigenvalue weighted by molar-refractivity contribution is -0.123. The molecule has 0 aromatic heterocycles. The van der Waals surface area contributed by atoms with Gasteiger partial charge in [-0.1, -0.05) is 18.2 Å². The molecule has 1 N–H and O–H groups in total. The molecular formula is C24H32N2O4. The average molecular weight is 413 g/mol. The Bertz CT molecular complexity index is 838. The van der Waals surface area contributed by atoms with E-state index in [0.717, 1.165) is 30.7 Å². The number of likely N-dealkylation sites (tertiary alicyclic amines) is 1. The number of methoxy groups -OCH3 is 2. The molecule has 6 heteroatoms. The predicted molar refractivity (Wildman–Crippen MR) is 117 cm³/mol. The number of carbonyl (C=O) groups is 1. The van der Waals surface area contributed by atoms with Gasteiger partial charge in [-0.15, -0.1) is 0 Å². The van der Waals surface area contributed by atoms with Crippen LogP contribution < -0.4 is 19.5 Å². The van der Waals surface area contributed by atoms with Crippen molar-refractivity contribution < 1.29 is 19.0 Å². The van der Waals surface area contributed by atoms with Gasteiger partial charge in [-0.25, -0.2) is 0 Å². The summed E-state index contributed by atoms with van der Waals surface area (Å²) in [6.45, 7) is 3.63. The van der Waals surface area contributed by atoms with E-state index in [1.165, 1.54) is 5.56 Å². The number of hydrogen-bond acceptors (Lipinski definition) is 5. The second-order valence-electron chi connectivity index (χ2n) is 7.85. The maximum Gasteiger partial charge on any atom is 0.257 e. The maximum absolute atomic E-state index is 12.4. The van der Waals surface area contributed by atoms with Crippen LogP contribution in [0.1, 0.15) is 30.0 Å². The van der Waals surface area contributed by atoms with Crippen molar-refractivity contribution in [2.45, 2.75) is 25.8 Å². The number of piperidine rings is 1. The number of amides is 1. The molecule has 1 heterocycles. The highest BCUT2D eigenvalue weighted by Gasteiger charge is 2.30. The van der Waals surface area contributed by atoms with Crippen molar-refractivity contribution in [3.63, 3.8) is 0 Å². The van der Waals surface area contributed by atoms with E-state index in [9.17, 15) is 4.79 Å². The summed E-state index contributed by atoms with van der Waals surface area (Å²) < 4.78 is 16.3. The molecule has 0 radical (unpaired) electrons. The van der Waals surface area contributed by atoms with E-state index in [2.05, 4.69) is 29.4 Å². The van der Waals surface area contributed by atoms with E-state index in [1.807, 2.05) is 37.3 Å². The molecule has 2 aromatic carbocycles. The minimum atomic E-state index is -0.126. The van der Waals surface area contributed by atoms with Gasteiger partial charge in [0.2, 0.25) is 0 Å². The zero-order valence-electron chi connectivity index (χ0n) is 18.3. The van der Waals surface area contributed by atoms with Crippen molar-refractivity contribution >= 4 is 5.91 Å². The summed E-state index contributed by atoms with van der Waals surface area (Å²) in [4.78, 5) is 14.8. The first-order chi connectivity index (χ1) is 14.5. The fourth-order valence-corrected chi connectivity index (χ4v) is 4.13. The second-order valence-corrected chi connectivity index (χ2v) is 7.85. The topological polar surface area (TPSA) is 60.0 Å². The van der Waals surface area contributed by atoms with Crippen LogP contribution in [-0.4, -0.2) is 51.8 Å². The summed E-state index contributed by atoms with van der Waals surface area (Å²) in [5.74, 6) is 2.28. The van der Waals surface area contributed by atoms with E-state index in [-0.39, 0.29) is 18.6 Å². The lowest BCUT2D eigenvalue weighted by atomic mass is 9.85. The molecule has 1 aliphatic rings. The monoisotopic (exact) mass is 412 g/mol. The van der Waals surface area contributed by atoms with Crippen LogP contribution in [0.4, 0.5) is 0 Å². The van der Waals surface area contributed by atoms with Crippen LogP contribution in [0.3, 0.4) is 0 Å². The molecule has 0 bridgehead atoms. The van der Waals surface area contributed by atoms with Crippen LogP contribution in [0.25, 0.3) is 0 Å². The molecule has 1 aliphatic heterocycles. The molecule has 2 aromatic rings. The van der Waals surface area contributed by atoms with Crippen molar-refractivity contribution in [3.8, 4) is 17.2 Å². The minimum absolute atomic E-state index is 0.0326. The first-order valence-electron chi connectivity index (χ1n) is 10.4. The number of benzene rings is 2. The van der Waals surface area contributed by atoms with Crippen LogP contribution >= 0.6 is 0 Å². The van der Waals surface area contributed by atoms with E-state index in [1.54, 1.807) is 14.2 Å². The Kier molecular flexibility index (Phi) is 7.57. The lowest BCUT2D eigenvalue weighted by Crippen LogP contribution is -2.42. The van der Waals surface area contributed by atoms with Crippen LogP contribution in [0.15, 0.2) is 42.5 Å². The van der Waals surface area contributed by atoms with E-state index < -0.39 is 0 Å². The molecule has 2 unspecified atom stereocenters. The summed E-state index contributed by atoms with van der Waals surface area (Å²) >= 11 is 0. The number of nitrogens with one attached hydrogen (secondary N) is 1. The Morgan fingerprint density at radius 1 is 1.10 bits per heavy atom. The highest BCUT2D eigenvalue weighted by atomic mass is 16.5. The Hall–Kier alpha value is -2.73. The highest BCUT2D eigenvalue weighted by Crippen LogP contribution is 2.35. The highest BCUT2D eigenvalue weighted by molar-refractivity contribution is 5.77.